The molecule has 0 saturated heterocycles. The van der Waals surface area contributed by atoms with Crippen molar-refractivity contribution in [3.8, 4) is 46.0 Å². The van der Waals surface area contributed by atoms with E-state index in [1.807, 2.05) is 50.3 Å². The standard InChI is InChI=1S/C40H36O8/c1-20-12-28-26-8-7-25(42)18-34(26)46-40(19-22-5-9-30(43)27-10-11-39(2,3)48-38(22)27)37(28)29(13-20)36-31(44)14-23(16-35(36)47-40)32-15-21-4-6-24(41)17-33(21)45-32/h4-11,13-14,16-18,28-29,32,37,41-44H,12,15,19H2,1-3H3/t28-,29+,32+,37-,40-/m1/s1. The van der Waals surface area contributed by atoms with Crippen LogP contribution in [-0.2, 0) is 12.8 Å². The van der Waals surface area contributed by atoms with Gasteiger partial charge in [-0.2, -0.15) is 0 Å². The van der Waals surface area contributed by atoms with Gasteiger partial charge in [-0.05, 0) is 80.8 Å². The fraction of sp³-hybridized carbons (Fsp3) is 0.300. The fourth-order valence-corrected chi connectivity index (χ4v) is 8.53. The summed E-state index contributed by atoms with van der Waals surface area (Å²) in [4.78, 5) is 0. The summed E-state index contributed by atoms with van der Waals surface area (Å²) in [6.45, 7) is 6.06. The first-order chi connectivity index (χ1) is 23.0. The van der Waals surface area contributed by atoms with Gasteiger partial charge in [-0.15, -0.1) is 0 Å². The quantitative estimate of drug-likeness (QED) is 0.166. The number of fused-ring (bicyclic) bond motifs is 6. The van der Waals surface area contributed by atoms with E-state index in [2.05, 4.69) is 13.0 Å². The van der Waals surface area contributed by atoms with E-state index in [0.29, 0.717) is 40.5 Å². The highest BCUT2D eigenvalue weighted by Crippen LogP contribution is 2.63. The molecule has 4 heterocycles. The van der Waals surface area contributed by atoms with Crippen LogP contribution in [0, 0.1) is 5.92 Å². The molecule has 0 fully saturated rings. The van der Waals surface area contributed by atoms with E-state index in [1.54, 1.807) is 36.4 Å². The van der Waals surface area contributed by atoms with Crippen molar-refractivity contribution in [2.45, 2.75) is 69.4 Å². The third-order valence-electron chi connectivity index (χ3n) is 10.6. The van der Waals surface area contributed by atoms with Crippen molar-refractivity contribution in [2.24, 2.45) is 5.92 Å². The molecule has 4 aromatic rings. The Morgan fingerprint density at radius 2 is 1.56 bits per heavy atom. The van der Waals surface area contributed by atoms with Crippen molar-refractivity contribution < 1.29 is 39.4 Å². The Kier molecular flexibility index (Phi) is 5.96. The minimum Gasteiger partial charge on any atom is -0.508 e. The number of phenolic OH excluding ortho intramolecular Hbond substituents is 4. The maximum Gasteiger partial charge on any atom is 0.259 e. The smallest absolute Gasteiger partial charge is 0.259 e. The van der Waals surface area contributed by atoms with Gasteiger partial charge < -0.3 is 39.4 Å². The third kappa shape index (κ3) is 4.35. The number of hydrogen-bond acceptors (Lipinski definition) is 8. The highest BCUT2D eigenvalue weighted by molar-refractivity contribution is 5.69. The molecule has 5 atom stereocenters. The largest absolute Gasteiger partial charge is 0.508 e. The van der Waals surface area contributed by atoms with Crippen LogP contribution in [0.15, 0.2) is 78.4 Å². The number of allylic oxidation sites excluding steroid dienone is 2. The molecule has 0 aromatic heterocycles. The summed E-state index contributed by atoms with van der Waals surface area (Å²) in [5.74, 6) is 0.940. The van der Waals surface area contributed by atoms with Crippen LogP contribution >= 0.6 is 0 Å². The van der Waals surface area contributed by atoms with E-state index in [-0.39, 0.29) is 53.3 Å². The molecule has 0 saturated carbocycles. The van der Waals surface area contributed by atoms with Gasteiger partial charge in [0.15, 0.2) is 0 Å². The first-order valence-electron chi connectivity index (χ1n) is 16.4. The lowest BCUT2D eigenvalue weighted by Gasteiger charge is -2.55. The monoisotopic (exact) mass is 644 g/mol. The van der Waals surface area contributed by atoms with E-state index in [1.165, 1.54) is 5.57 Å². The highest BCUT2D eigenvalue weighted by atomic mass is 16.7. The molecule has 8 heteroatoms. The van der Waals surface area contributed by atoms with E-state index in [4.69, 9.17) is 18.9 Å². The molecular formula is C40H36O8. The summed E-state index contributed by atoms with van der Waals surface area (Å²) in [5, 5.41) is 43.2. The summed E-state index contributed by atoms with van der Waals surface area (Å²) in [5.41, 5.74) is 5.43. The fourth-order valence-electron chi connectivity index (χ4n) is 8.53. The molecule has 0 spiro atoms. The molecule has 244 valence electrons. The SMILES string of the molecule is CC1=C[C@H]2c3c(O)cc([C@@H]4Cc5ccc(O)cc5O4)cc3O[C@@]3(Cc4ccc(O)c5c4OC(C)(C)C=C5)Oc4cc(O)ccc4[C@@H](C1)[C@H]23. The lowest BCUT2D eigenvalue weighted by molar-refractivity contribution is -0.187. The summed E-state index contributed by atoms with van der Waals surface area (Å²) in [6, 6.07) is 17.6. The maximum atomic E-state index is 11.8. The highest BCUT2D eigenvalue weighted by Gasteiger charge is 2.60. The Morgan fingerprint density at radius 1 is 0.792 bits per heavy atom. The topological polar surface area (TPSA) is 118 Å². The van der Waals surface area contributed by atoms with Gasteiger partial charge in [0.1, 0.15) is 57.7 Å². The Morgan fingerprint density at radius 3 is 2.40 bits per heavy atom. The number of rotatable bonds is 3. The normalized spacial score (nSPS) is 26.6. The molecule has 0 radical (unpaired) electrons. The van der Waals surface area contributed by atoms with Crippen LogP contribution < -0.4 is 18.9 Å². The molecule has 9 rings (SSSR count). The van der Waals surface area contributed by atoms with Crippen LogP contribution in [0.3, 0.4) is 0 Å². The summed E-state index contributed by atoms with van der Waals surface area (Å²) < 4.78 is 26.8. The molecule has 4 aliphatic heterocycles. The van der Waals surface area contributed by atoms with Gasteiger partial charge >= 0.3 is 0 Å². The zero-order chi connectivity index (χ0) is 33.1. The van der Waals surface area contributed by atoms with E-state index in [0.717, 1.165) is 28.7 Å². The second kappa shape index (κ2) is 9.89. The van der Waals surface area contributed by atoms with Gasteiger partial charge in [0.2, 0.25) is 0 Å². The molecule has 0 amide bonds. The summed E-state index contributed by atoms with van der Waals surface area (Å²) >= 11 is 0. The predicted octanol–water partition coefficient (Wildman–Crippen LogP) is 7.93. The van der Waals surface area contributed by atoms with Crippen molar-refractivity contribution in [1.82, 2.24) is 0 Å². The number of ether oxygens (including phenoxy) is 4. The van der Waals surface area contributed by atoms with Gasteiger partial charge in [-0.25, -0.2) is 0 Å². The number of phenols is 4. The van der Waals surface area contributed by atoms with Crippen LogP contribution in [-0.4, -0.2) is 31.8 Å². The van der Waals surface area contributed by atoms with Gasteiger partial charge in [-0.1, -0.05) is 29.8 Å². The van der Waals surface area contributed by atoms with Gasteiger partial charge in [0, 0.05) is 47.1 Å². The first-order valence-corrected chi connectivity index (χ1v) is 16.4. The lowest BCUT2D eigenvalue weighted by atomic mass is 9.61. The summed E-state index contributed by atoms with van der Waals surface area (Å²) in [6.07, 6.45) is 7.28. The van der Waals surface area contributed by atoms with E-state index >= 15 is 0 Å². The molecule has 1 aliphatic carbocycles. The van der Waals surface area contributed by atoms with Crippen LogP contribution in [0.1, 0.15) is 78.5 Å². The van der Waals surface area contributed by atoms with Crippen molar-refractivity contribution in [3.63, 3.8) is 0 Å². The Bertz CT molecular complexity index is 2090. The van der Waals surface area contributed by atoms with Crippen molar-refractivity contribution in [1.29, 1.82) is 0 Å². The summed E-state index contributed by atoms with van der Waals surface area (Å²) in [7, 11) is 0. The van der Waals surface area contributed by atoms with E-state index in [9.17, 15) is 20.4 Å². The molecule has 4 aromatic carbocycles. The maximum absolute atomic E-state index is 11.8. The van der Waals surface area contributed by atoms with Crippen molar-refractivity contribution in [3.05, 3.63) is 112 Å². The van der Waals surface area contributed by atoms with Crippen LogP contribution in [0.25, 0.3) is 6.08 Å². The molecule has 48 heavy (non-hydrogen) atoms. The van der Waals surface area contributed by atoms with E-state index < -0.39 is 11.4 Å². The molecule has 5 aliphatic rings. The average Bonchev–Trinajstić information content (AvgIpc) is 3.45. The Hall–Kier alpha value is -5.24. The first kappa shape index (κ1) is 28.9. The Labute approximate surface area is 278 Å². The molecular weight excluding hydrogens is 608 g/mol. The second-order valence-electron chi connectivity index (χ2n) is 14.4. The average molecular weight is 645 g/mol. The zero-order valence-electron chi connectivity index (χ0n) is 26.9. The van der Waals surface area contributed by atoms with Crippen LogP contribution in [0.4, 0.5) is 0 Å². The molecule has 4 N–H and O–H groups in total. The van der Waals surface area contributed by atoms with Gasteiger partial charge in [0.05, 0.1) is 17.9 Å². The van der Waals surface area contributed by atoms with Gasteiger partial charge in [-0.3, -0.25) is 0 Å². The van der Waals surface area contributed by atoms with Crippen LogP contribution in [0.2, 0.25) is 0 Å². The van der Waals surface area contributed by atoms with Crippen LogP contribution in [0.5, 0.6) is 46.0 Å². The van der Waals surface area contributed by atoms with Crippen molar-refractivity contribution >= 4 is 6.08 Å². The van der Waals surface area contributed by atoms with Gasteiger partial charge in [0.25, 0.3) is 5.79 Å². The number of aromatic hydroxyl groups is 4. The zero-order valence-corrected chi connectivity index (χ0v) is 26.9. The molecule has 0 unspecified atom stereocenters. The minimum atomic E-state index is -1.27. The number of hydrogen-bond donors (Lipinski definition) is 4. The third-order valence-corrected chi connectivity index (χ3v) is 10.6. The van der Waals surface area contributed by atoms with Crippen molar-refractivity contribution in [2.75, 3.05) is 0 Å². The molecule has 0 bridgehead atoms. The second-order valence-corrected chi connectivity index (χ2v) is 14.4. The number of benzene rings is 4. The minimum absolute atomic E-state index is 0.0258. The predicted molar refractivity (Wildman–Crippen MR) is 178 cm³/mol. The molecule has 8 nitrogen and oxygen atoms in total. The Balaban J connectivity index is 1.21. The lowest BCUT2D eigenvalue weighted by Crippen LogP contribution is -2.60.